The molecular weight excluding hydrogens is 286 g/mol. The second-order valence-corrected chi connectivity index (χ2v) is 6.69. The van der Waals surface area contributed by atoms with Gasteiger partial charge >= 0.3 is 0 Å². The monoisotopic (exact) mass is 305 g/mol. The molecule has 0 N–H and O–H groups in total. The van der Waals surface area contributed by atoms with E-state index in [0.717, 1.165) is 24.3 Å². The van der Waals surface area contributed by atoms with Gasteiger partial charge in [0.1, 0.15) is 0 Å². The lowest BCUT2D eigenvalue weighted by molar-refractivity contribution is 0.165. The highest BCUT2D eigenvalue weighted by atomic mass is 15.3. The Hall–Kier alpha value is -2.27. The Morgan fingerprint density at radius 3 is 2.96 bits per heavy atom. The first-order chi connectivity index (χ1) is 11.3. The van der Waals surface area contributed by atoms with E-state index in [1.54, 1.807) is 0 Å². The molecule has 2 atom stereocenters. The van der Waals surface area contributed by atoms with Crippen LogP contribution in [0.1, 0.15) is 41.4 Å². The Morgan fingerprint density at radius 1 is 1.22 bits per heavy atom. The molecule has 5 heteroatoms. The van der Waals surface area contributed by atoms with Crippen LogP contribution in [-0.2, 0) is 13.0 Å². The molecule has 23 heavy (non-hydrogen) atoms. The number of pyridine rings is 1. The van der Waals surface area contributed by atoms with Crippen molar-refractivity contribution < 1.29 is 0 Å². The first-order valence-electron chi connectivity index (χ1n) is 8.28. The molecule has 0 saturated carbocycles. The molecule has 5 heterocycles. The maximum Gasteiger partial charge on any atom is 0.155 e. The summed E-state index contributed by atoms with van der Waals surface area (Å²) in [6.45, 7) is 3.03. The lowest BCUT2D eigenvalue weighted by Gasteiger charge is -2.36. The molecule has 3 aromatic rings. The molecule has 2 aliphatic heterocycles. The normalized spacial score (nSPS) is 23.3. The quantitative estimate of drug-likeness (QED) is 0.730. The van der Waals surface area contributed by atoms with E-state index in [1.165, 1.54) is 29.7 Å². The zero-order valence-corrected chi connectivity index (χ0v) is 13.2. The van der Waals surface area contributed by atoms with Gasteiger partial charge in [0.2, 0.25) is 0 Å². The highest BCUT2D eigenvalue weighted by Gasteiger charge is 2.41. The number of hydrogen-bond donors (Lipinski definition) is 0. The van der Waals surface area contributed by atoms with E-state index in [4.69, 9.17) is 0 Å². The average Bonchev–Trinajstić information content (AvgIpc) is 3.07. The molecule has 2 bridgehead atoms. The lowest BCUT2D eigenvalue weighted by Crippen LogP contribution is -2.38. The van der Waals surface area contributed by atoms with Gasteiger partial charge in [-0.15, -0.1) is 0 Å². The molecule has 0 radical (unpaired) electrons. The van der Waals surface area contributed by atoms with Gasteiger partial charge < -0.3 is 0 Å². The molecule has 1 saturated heterocycles. The zero-order chi connectivity index (χ0) is 15.4. The van der Waals surface area contributed by atoms with E-state index in [-0.39, 0.29) is 0 Å². The molecule has 0 aromatic carbocycles. The Morgan fingerprint density at radius 2 is 2.09 bits per heavy atom. The molecule has 3 aromatic heterocycles. The smallest absolute Gasteiger partial charge is 0.155 e. The van der Waals surface area contributed by atoms with E-state index in [1.807, 2.05) is 19.3 Å². The molecule has 116 valence electrons. The predicted octanol–water partition coefficient (Wildman–Crippen LogP) is 2.69. The largest absolute Gasteiger partial charge is 0.289 e. The van der Waals surface area contributed by atoms with Crippen LogP contribution in [0.3, 0.4) is 0 Å². The number of aromatic nitrogens is 4. The summed E-state index contributed by atoms with van der Waals surface area (Å²) >= 11 is 0. The van der Waals surface area contributed by atoms with Crippen LogP contribution in [0.2, 0.25) is 0 Å². The summed E-state index contributed by atoms with van der Waals surface area (Å²) in [5, 5.41) is 4.66. The fourth-order valence-corrected chi connectivity index (χ4v) is 4.24. The average molecular weight is 305 g/mol. The second-order valence-electron chi connectivity index (χ2n) is 6.69. The topological polar surface area (TPSA) is 46.3 Å². The minimum Gasteiger partial charge on any atom is -0.289 e. The first-order valence-corrected chi connectivity index (χ1v) is 8.28. The third-order valence-corrected chi connectivity index (χ3v) is 5.28. The van der Waals surface area contributed by atoms with Crippen molar-refractivity contribution in [3.8, 4) is 0 Å². The molecule has 1 fully saturated rings. The van der Waals surface area contributed by atoms with Crippen molar-refractivity contribution in [3.63, 3.8) is 0 Å². The molecule has 2 unspecified atom stereocenters. The van der Waals surface area contributed by atoms with Crippen LogP contribution in [0, 0.1) is 6.92 Å². The van der Waals surface area contributed by atoms with Crippen LogP contribution in [0.5, 0.6) is 0 Å². The van der Waals surface area contributed by atoms with Gasteiger partial charge in [-0.1, -0.05) is 0 Å². The van der Waals surface area contributed by atoms with Crippen molar-refractivity contribution in [1.29, 1.82) is 0 Å². The first kappa shape index (κ1) is 13.2. The fraction of sp³-hybridized carbons (Fsp3) is 0.389. The standard InChI is InChI=1S/C18H19N5/c1-12-8-18-20-10-15-16-3-2-14(9-17(15)23(18)21-12)22(16)11-13-4-6-19-7-5-13/h4-8,10,14,16H,2-3,9,11H2,1H3. The summed E-state index contributed by atoms with van der Waals surface area (Å²) in [6.07, 6.45) is 9.39. The van der Waals surface area contributed by atoms with Gasteiger partial charge in [0.05, 0.1) is 11.4 Å². The van der Waals surface area contributed by atoms with Crippen LogP contribution in [0.15, 0.2) is 36.8 Å². The number of fused-ring (bicyclic) bond motifs is 6. The highest BCUT2D eigenvalue weighted by Crippen LogP contribution is 2.44. The van der Waals surface area contributed by atoms with E-state index < -0.39 is 0 Å². The van der Waals surface area contributed by atoms with Crippen molar-refractivity contribution in [2.45, 2.75) is 44.8 Å². The van der Waals surface area contributed by atoms with Gasteiger partial charge in [0, 0.05) is 55.3 Å². The van der Waals surface area contributed by atoms with Gasteiger partial charge in [0.15, 0.2) is 5.65 Å². The summed E-state index contributed by atoms with van der Waals surface area (Å²) in [7, 11) is 0. The molecule has 2 aliphatic rings. The predicted molar refractivity (Wildman–Crippen MR) is 87.0 cm³/mol. The van der Waals surface area contributed by atoms with Gasteiger partial charge in [-0.2, -0.15) is 5.10 Å². The van der Waals surface area contributed by atoms with Gasteiger partial charge in [-0.25, -0.2) is 9.50 Å². The van der Waals surface area contributed by atoms with Crippen LogP contribution in [-0.4, -0.2) is 30.5 Å². The van der Waals surface area contributed by atoms with Crippen LogP contribution in [0.25, 0.3) is 5.65 Å². The van der Waals surface area contributed by atoms with Crippen molar-refractivity contribution in [3.05, 3.63) is 59.3 Å². The summed E-state index contributed by atoms with van der Waals surface area (Å²) in [5.74, 6) is 0. The lowest BCUT2D eigenvalue weighted by atomic mass is 9.98. The maximum absolute atomic E-state index is 4.66. The number of rotatable bonds is 2. The highest BCUT2D eigenvalue weighted by molar-refractivity contribution is 5.44. The minimum absolute atomic E-state index is 0.471. The Kier molecular flexibility index (Phi) is 2.79. The van der Waals surface area contributed by atoms with Crippen LogP contribution < -0.4 is 0 Å². The third-order valence-electron chi connectivity index (χ3n) is 5.28. The summed E-state index contributed by atoms with van der Waals surface area (Å²) in [5.41, 5.74) is 6.08. The van der Waals surface area contributed by atoms with Crippen molar-refractivity contribution in [1.82, 2.24) is 24.5 Å². The van der Waals surface area contributed by atoms with Crippen molar-refractivity contribution in [2.75, 3.05) is 0 Å². The summed E-state index contributed by atoms with van der Waals surface area (Å²) < 4.78 is 2.07. The zero-order valence-electron chi connectivity index (χ0n) is 13.2. The Bertz CT molecular complexity index is 870. The molecule has 5 rings (SSSR count). The molecular formula is C18H19N5. The van der Waals surface area contributed by atoms with E-state index >= 15 is 0 Å². The minimum atomic E-state index is 0.471. The van der Waals surface area contributed by atoms with E-state index in [0.29, 0.717) is 12.1 Å². The number of hydrogen-bond acceptors (Lipinski definition) is 4. The molecule has 0 spiro atoms. The SMILES string of the molecule is Cc1cc2ncc3c(n2n1)CC1CCC3N1Cc1ccncc1. The Balaban J connectivity index is 1.56. The molecule has 0 aliphatic carbocycles. The summed E-state index contributed by atoms with van der Waals surface area (Å²) in [4.78, 5) is 11.4. The molecule has 0 amide bonds. The Labute approximate surface area is 135 Å². The maximum atomic E-state index is 4.66. The van der Waals surface area contributed by atoms with Crippen molar-refractivity contribution >= 4 is 5.65 Å². The van der Waals surface area contributed by atoms with Crippen LogP contribution >= 0.6 is 0 Å². The third kappa shape index (κ3) is 2.00. The van der Waals surface area contributed by atoms with E-state index in [9.17, 15) is 0 Å². The van der Waals surface area contributed by atoms with Gasteiger partial charge in [0.25, 0.3) is 0 Å². The number of nitrogens with zero attached hydrogens (tertiary/aromatic N) is 5. The number of aryl methyl sites for hydroxylation is 1. The fourth-order valence-electron chi connectivity index (χ4n) is 4.24. The van der Waals surface area contributed by atoms with Gasteiger partial charge in [-0.05, 0) is 37.5 Å². The summed E-state index contributed by atoms with van der Waals surface area (Å²) in [6, 6.07) is 7.38. The van der Waals surface area contributed by atoms with Gasteiger partial charge in [-0.3, -0.25) is 9.88 Å². The van der Waals surface area contributed by atoms with Crippen LogP contribution in [0.4, 0.5) is 0 Å². The molecule has 5 nitrogen and oxygen atoms in total. The van der Waals surface area contributed by atoms with E-state index in [2.05, 4.69) is 48.9 Å². The van der Waals surface area contributed by atoms with Crippen molar-refractivity contribution in [2.24, 2.45) is 0 Å². The second kappa shape index (κ2) is 4.86.